The predicted molar refractivity (Wildman–Crippen MR) is 66.2 cm³/mol. The lowest BCUT2D eigenvalue weighted by Crippen LogP contribution is -2.42. The van der Waals surface area contributed by atoms with Crippen LogP contribution in [0.3, 0.4) is 0 Å². The molecule has 0 bridgehead atoms. The SMILES string of the molecule is O=C(CC1COCCN1)OCCc1cccs1. The Bertz CT molecular complexity index is 334. The standard InChI is InChI=1S/C12H17NO3S/c14-12(8-10-9-15-6-4-13-10)16-5-3-11-2-1-7-17-11/h1-2,7,10,13H,3-6,8-9H2. The van der Waals surface area contributed by atoms with Crippen LogP contribution in [-0.2, 0) is 20.7 Å². The Kier molecular flexibility index (Phi) is 4.97. The average molecular weight is 255 g/mol. The van der Waals surface area contributed by atoms with Crippen LogP contribution in [0.1, 0.15) is 11.3 Å². The Morgan fingerprint density at radius 1 is 1.65 bits per heavy atom. The highest BCUT2D eigenvalue weighted by Crippen LogP contribution is 2.09. The quantitative estimate of drug-likeness (QED) is 0.804. The van der Waals surface area contributed by atoms with E-state index in [9.17, 15) is 4.79 Å². The molecule has 1 unspecified atom stereocenters. The molecular weight excluding hydrogens is 238 g/mol. The summed E-state index contributed by atoms with van der Waals surface area (Å²) < 4.78 is 10.5. The van der Waals surface area contributed by atoms with Gasteiger partial charge in [-0.1, -0.05) is 6.07 Å². The molecular formula is C12H17NO3S. The van der Waals surface area contributed by atoms with Crippen LogP contribution in [-0.4, -0.2) is 38.4 Å². The number of hydrogen-bond donors (Lipinski definition) is 1. The van der Waals surface area contributed by atoms with Crippen LogP contribution in [0, 0.1) is 0 Å². The molecule has 4 nitrogen and oxygen atoms in total. The van der Waals surface area contributed by atoms with E-state index in [1.54, 1.807) is 11.3 Å². The minimum Gasteiger partial charge on any atom is -0.465 e. The topological polar surface area (TPSA) is 47.6 Å². The van der Waals surface area contributed by atoms with Crippen molar-refractivity contribution in [2.75, 3.05) is 26.4 Å². The van der Waals surface area contributed by atoms with Crippen molar-refractivity contribution in [1.82, 2.24) is 5.32 Å². The first kappa shape index (κ1) is 12.5. The third kappa shape index (κ3) is 4.46. The largest absolute Gasteiger partial charge is 0.465 e. The van der Waals surface area contributed by atoms with E-state index in [0.29, 0.717) is 19.6 Å². The summed E-state index contributed by atoms with van der Waals surface area (Å²) in [4.78, 5) is 12.8. The van der Waals surface area contributed by atoms with E-state index in [4.69, 9.17) is 9.47 Å². The van der Waals surface area contributed by atoms with E-state index in [2.05, 4.69) is 11.4 Å². The van der Waals surface area contributed by atoms with Crippen molar-refractivity contribution < 1.29 is 14.3 Å². The fourth-order valence-electron chi connectivity index (χ4n) is 1.73. The lowest BCUT2D eigenvalue weighted by Gasteiger charge is -2.22. The van der Waals surface area contributed by atoms with Gasteiger partial charge in [-0.15, -0.1) is 11.3 Å². The number of carbonyl (C=O) groups excluding carboxylic acids is 1. The van der Waals surface area contributed by atoms with Gasteiger partial charge in [0.25, 0.3) is 0 Å². The molecule has 0 amide bonds. The molecule has 1 aromatic heterocycles. The van der Waals surface area contributed by atoms with Gasteiger partial charge in [-0.05, 0) is 11.4 Å². The molecule has 94 valence electrons. The van der Waals surface area contributed by atoms with Crippen LogP contribution in [0.4, 0.5) is 0 Å². The summed E-state index contributed by atoms with van der Waals surface area (Å²) in [6, 6.07) is 4.16. The maximum atomic E-state index is 11.5. The van der Waals surface area contributed by atoms with E-state index in [0.717, 1.165) is 19.6 Å². The number of esters is 1. The number of ether oxygens (including phenoxy) is 2. The van der Waals surface area contributed by atoms with Crippen molar-refractivity contribution in [2.24, 2.45) is 0 Å². The molecule has 0 spiro atoms. The predicted octanol–water partition coefficient (Wildman–Crippen LogP) is 1.21. The zero-order chi connectivity index (χ0) is 11.9. The van der Waals surface area contributed by atoms with E-state index in [1.165, 1.54) is 4.88 Å². The van der Waals surface area contributed by atoms with Gasteiger partial charge in [0.15, 0.2) is 0 Å². The van der Waals surface area contributed by atoms with Crippen molar-refractivity contribution in [3.05, 3.63) is 22.4 Å². The molecule has 1 aromatic rings. The van der Waals surface area contributed by atoms with Gasteiger partial charge in [0.2, 0.25) is 0 Å². The second-order valence-corrected chi connectivity index (χ2v) is 5.01. The maximum Gasteiger partial charge on any atom is 0.307 e. The molecule has 0 radical (unpaired) electrons. The van der Waals surface area contributed by atoms with E-state index >= 15 is 0 Å². The van der Waals surface area contributed by atoms with E-state index < -0.39 is 0 Å². The normalized spacial score (nSPS) is 20.1. The van der Waals surface area contributed by atoms with Gasteiger partial charge in [-0.2, -0.15) is 0 Å². The van der Waals surface area contributed by atoms with Gasteiger partial charge in [-0.3, -0.25) is 4.79 Å². The van der Waals surface area contributed by atoms with Gasteiger partial charge in [0, 0.05) is 23.9 Å². The summed E-state index contributed by atoms with van der Waals surface area (Å²) in [5.74, 6) is -0.149. The van der Waals surface area contributed by atoms with Crippen LogP contribution >= 0.6 is 11.3 Å². The third-order valence-corrected chi connectivity index (χ3v) is 3.54. The molecule has 1 saturated heterocycles. The highest BCUT2D eigenvalue weighted by Gasteiger charge is 2.17. The van der Waals surface area contributed by atoms with Crippen molar-refractivity contribution in [1.29, 1.82) is 0 Å². The highest BCUT2D eigenvalue weighted by molar-refractivity contribution is 7.09. The van der Waals surface area contributed by atoms with E-state index in [1.807, 2.05) is 11.4 Å². The second-order valence-electron chi connectivity index (χ2n) is 3.98. The molecule has 0 aromatic carbocycles. The van der Waals surface area contributed by atoms with Crippen LogP contribution in [0.2, 0.25) is 0 Å². The molecule has 0 aliphatic carbocycles. The number of nitrogens with one attached hydrogen (secondary N) is 1. The molecule has 1 atom stereocenters. The van der Waals surface area contributed by atoms with Crippen molar-refractivity contribution in [2.45, 2.75) is 18.9 Å². The summed E-state index contributed by atoms with van der Waals surface area (Å²) in [6.07, 6.45) is 1.20. The van der Waals surface area contributed by atoms with Crippen molar-refractivity contribution >= 4 is 17.3 Å². The fraction of sp³-hybridized carbons (Fsp3) is 0.583. The molecule has 2 rings (SSSR count). The Labute approximate surface area is 105 Å². The summed E-state index contributed by atoms with van der Waals surface area (Å²) in [5.41, 5.74) is 0. The van der Waals surface area contributed by atoms with E-state index in [-0.39, 0.29) is 12.0 Å². The number of thiophene rings is 1. The number of hydrogen-bond acceptors (Lipinski definition) is 5. The Morgan fingerprint density at radius 2 is 2.59 bits per heavy atom. The minimum absolute atomic E-state index is 0.109. The van der Waals surface area contributed by atoms with Crippen LogP contribution in [0.25, 0.3) is 0 Å². The first-order valence-electron chi connectivity index (χ1n) is 5.84. The first-order chi connectivity index (χ1) is 8.34. The summed E-state index contributed by atoms with van der Waals surface area (Å²) in [6.45, 7) is 2.60. The molecule has 0 saturated carbocycles. The molecule has 1 fully saturated rings. The monoisotopic (exact) mass is 255 g/mol. The molecule has 2 heterocycles. The lowest BCUT2D eigenvalue weighted by atomic mass is 10.2. The van der Waals surface area contributed by atoms with Crippen molar-refractivity contribution in [3.8, 4) is 0 Å². The molecule has 1 N–H and O–H groups in total. The van der Waals surface area contributed by atoms with Crippen LogP contribution in [0.15, 0.2) is 17.5 Å². The summed E-state index contributed by atoms with van der Waals surface area (Å²) in [5, 5.41) is 5.26. The Hall–Kier alpha value is -0.910. The average Bonchev–Trinajstić information content (AvgIpc) is 2.83. The second kappa shape index (κ2) is 6.74. The zero-order valence-electron chi connectivity index (χ0n) is 9.69. The molecule has 1 aliphatic heterocycles. The highest BCUT2D eigenvalue weighted by atomic mass is 32.1. The van der Waals surface area contributed by atoms with Gasteiger partial charge >= 0.3 is 5.97 Å². The number of carbonyl (C=O) groups is 1. The molecule has 17 heavy (non-hydrogen) atoms. The number of rotatable bonds is 5. The number of morpholine rings is 1. The van der Waals surface area contributed by atoms with Crippen LogP contribution in [0.5, 0.6) is 0 Å². The zero-order valence-corrected chi connectivity index (χ0v) is 10.5. The molecule has 5 heteroatoms. The maximum absolute atomic E-state index is 11.5. The van der Waals surface area contributed by atoms with Gasteiger partial charge in [0.05, 0.1) is 26.2 Å². The lowest BCUT2D eigenvalue weighted by molar-refractivity contribution is -0.144. The van der Waals surface area contributed by atoms with Crippen LogP contribution < -0.4 is 5.32 Å². The fourth-order valence-corrected chi connectivity index (χ4v) is 2.42. The third-order valence-electron chi connectivity index (χ3n) is 2.60. The Morgan fingerprint density at radius 3 is 3.29 bits per heavy atom. The summed E-state index contributed by atoms with van der Waals surface area (Å²) in [7, 11) is 0. The smallest absolute Gasteiger partial charge is 0.307 e. The molecule has 1 aliphatic rings. The summed E-state index contributed by atoms with van der Waals surface area (Å²) >= 11 is 1.69. The van der Waals surface area contributed by atoms with Gasteiger partial charge < -0.3 is 14.8 Å². The van der Waals surface area contributed by atoms with Crippen molar-refractivity contribution in [3.63, 3.8) is 0 Å². The van der Waals surface area contributed by atoms with Gasteiger partial charge in [0.1, 0.15) is 0 Å². The van der Waals surface area contributed by atoms with Gasteiger partial charge in [-0.25, -0.2) is 0 Å². The first-order valence-corrected chi connectivity index (χ1v) is 6.71. The minimum atomic E-state index is -0.149. The Balaban J connectivity index is 1.60.